The second kappa shape index (κ2) is 12.7. The van der Waals surface area contributed by atoms with Gasteiger partial charge in [-0.05, 0) is 0 Å². The molecule has 0 bridgehead atoms. The summed E-state index contributed by atoms with van der Waals surface area (Å²) in [6.45, 7) is -0.0719. The van der Waals surface area contributed by atoms with E-state index in [0.717, 1.165) is 12.2 Å². The second-order valence-electron chi connectivity index (χ2n) is 4.76. The molecule has 0 amide bonds. The molecule has 0 N–H and O–H groups in total. The van der Waals surface area contributed by atoms with Crippen molar-refractivity contribution >= 4 is 11.9 Å². The van der Waals surface area contributed by atoms with Crippen LogP contribution in [-0.2, 0) is 47.5 Å². The lowest BCUT2D eigenvalue weighted by atomic mass is 10.4. The van der Waals surface area contributed by atoms with Gasteiger partial charge >= 0.3 is 11.9 Å². The van der Waals surface area contributed by atoms with Gasteiger partial charge in [-0.3, -0.25) is 0 Å². The maximum Gasteiger partial charge on any atom is 0.331 e. The summed E-state index contributed by atoms with van der Waals surface area (Å²) in [4.78, 5) is 23.1. The van der Waals surface area contributed by atoms with E-state index >= 15 is 0 Å². The highest BCUT2D eigenvalue weighted by Gasteiger charge is 2.30. The molecule has 0 atom stereocenters. The fourth-order valence-corrected chi connectivity index (χ4v) is 1.90. The predicted octanol–water partition coefficient (Wildman–Crippen LogP) is 0.595. The van der Waals surface area contributed by atoms with Crippen molar-refractivity contribution in [2.24, 2.45) is 0 Å². The van der Waals surface area contributed by atoms with Gasteiger partial charge in [-0.2, -0.15) is 0 Å². The van der Waals surface area contributed by atoms with Crippen LogP contribution in [0.25, 0.3) is 0 Å². The third kappa shape index (κ3) is 8.21. The normalized spacial score (nSPS) is 12.4. The van der Waals surface area contributed by atoms with Gasteiger partial charge < -0.3 is 37.9 Å². The molecule has 0 saturated heterocycles. The summed E-state index contributed by atoms with van der Waals surface area (Å²) in [7, 11) is 8.39. The summed E-state index contributed by atoms with van der Waals surface area (Å²) in [6, 6.07) is 0. The van der Waals surface area contributed by atoms with Gasteiger partial charge in [-0.15, -0.1) is 0 Å². The monoisotopic (exact) mass is 380 g/mol. The molecule has 0 rings (SSSR count). The van der Waals surface area contributed by atoms with Crippen LogP contribution in [0.4, 0.5) is 0 Å². The standard InChI is InChI=1S/C16H28O10/c1-19-15(20-2,21-3)9-11-25-13(17)7-8-14(18)26-12-10-16(22-4,23-5)24-6/h7-8H,9-12H2,1-6H3. The van der Waals surface area contributed by atoms with Crippen molar-refractivity contribution in [2.75, 3.05) is 55.9 Å². The number of carbonyl (C=O) groups is 2. The third-order valence-corrected chi connectivity index (χ3v) is 3.53. The van der Waals surface area contributed by atoms with Gasteiger partial charge in [0.25, 0.3) is 11.9 Å². The van der Waals surface area contributed by atoms with Crippen LogP contribution < -0.4 is 0 Å². The first-order chi connectivity index (χ1) is 12.4. The zero-order valence-electron chi connectivity index (χ0n) is 16.1. The number of carbonyl (C=O) groups excluding carboxylic acids is 2. The topological polar surface area (TPSA) is 108 Å². The van der Waals surface area contributed by atoms with E-state index in [1.54, 1.807) is 0 Å². The Morgan fingerprint density at radius 1 is 0.615 bits per heavy atom. The van der Waals surface area contributed by atoms with E-state index in [4.69, 9.17) is 37.9 Å². The number of methoxy groups -OCH3 is 6. The van der Waals surface area contributed by atoms with Crippen molar-refractivity contribution in [3.63, 3.8) is 0 Å². The Balaban J connectivity index is 4.22. The van der Waals surface area contributed by atoms with E-state index in [1.165, 1.54) is 42.7 Å². The lowest BCUT2D eigenvalue weighted by Crippen LogP contribution is -2.37. The Bertz CT molecular complexity index is 384. The first-order valence-corrected chi connectivity index (χ1v) is 7.69. The van der Waals surface area contributed by atoms with Crippen LogP contribution in [0.2, 0.25) is 0 Å². The van der Waals surface area contributed by atoms with E-state index in [9.17, 15) is 9.59 Å². The van der Waals surface area contributed by atoms with E-state index in [0.29, 0.717) is 0 Å². The van der Waals surface area contributed by atoms with Crippen molar-refractivity contribution < 1.29 is 47.5 Å². The Morgan fingerprint density at radius 3 is 1.12 bits per heavy atom. The Hall–Kier alpha value is -1.56. The van der Waals surface area contributed by atoms with Gasteiger partial charge in [-0.1, -0.05) is 0 Å². The van der Waals surface area contributed by atoms with Crippen LogP contribution in [-0.4, -0.2) is 79.8 Å². The number of esters is 2. The van der Waals surface area contributed by atoms with Crippen LogP contribution in [0.1, 0.15) is 12.8 Å². The van der Waals surface area contributed by atoms with Gasteiger partial charge in [0.05, 0.1) is 26.1 Å². The molecule has 0 unspecified atom stereocenters. The van der Waals surface area contributed by atoms with Crippen molar-refractivity contribution in [3.05, 3.63) is 12.2 Å². The molecule has 0 aliphatic heterocycles. The number of rotatable bonds is 14. The Labute approximate surface area is 153 Å². The summed E-state index contributed by atoms with van der Waals surface area (Å²) >= 11 is 0. The Kier molecular flexibility index (Phi) is 12.0. The molecule has 152 valence electrons. The predicted molar refractivity (Wildman–Crippen MR) is 87.8 cm³/mol. The maximum atomic E-state index is 11.6. The second-order valence-corrected chi connectivity index (χ2v) is 4.76. The SMILES string of the molecule is COC(CCOC(=O)C=CC(=O)OCCC(OC)(OC)OC)(OC)OC. The molecule has 0 saturated carbocycles. The lowest BCUT2D eigenvalue weighted by Gasteiger charge is -2.28. The summed E-state index contributed by atoms with van der Waals surface area (Å²) in [5, 5.41) is 0. The van der Waals surface area contributed by atoms with E-state index in [1.807, 2.05) is 0 Å². The van der Waals surface area contributed by atoms with Crippen molar-refractivity contribution in [1.29, 1.82) is 0 Å². The molecule has 0 fully saturated rings. The average molecular weight is 380 g/mol. The van der Waals surface area contributed by atoms with Gasteiger partial charge in [0.1, 0.15) is 0 Å². The summed E-state index contributed by atoms with van der Waals surface area (Å²) in [6.07, 6.45) is 2.20. The minimum atomic E-state index is -1.29. The molecule has 0 spiro atoms. The quantitative estimate of drug-likeness (QED) is 0.241. The minimum absolute atomic E-state index is 0.0359. The van der Waals surface area contributed by atoms with E-state index in [2.05, 4.69) is 0 Å². The van der Waals surface area contributed by atoms with Gasteiger partial charge in [0.15, 0.2) is 0 Å². The smallest absolute Gasteiger partial charge is 0.331 e. The fourth-order valence-electron chi connectivity index (χ4n) is 1.90. The van der Waals surface area contributed by atoms with Crippen LogP contribution in [0.5, 0.6) is 0 Å². The van der Waals surface area contributed by atoms with Crippen molar-refractivity contribution in [1.82, 2.24) is 0 Å². The number of ether oxygens (including phenoxy) is 8. The molecule has 0 aromatic rings. The lowest BCUT2D eigenvalue weighted by molar-refractivity contribution is -0.357. The highest BCUT2D eigenvalue weighted by atomic mass is 16.9. The average Bonchev–Trinajstić information content (AvgIpc) is 2.68. The number of hydrogen-bond acceptors (Lipinski definition) is 10. The molecule has 0 aliphatic rings. The van der Waals surface area contributed by atoms with Crippen LogP contribution in [0, 0.1) is 0 Å². The highest BCUT2D eigenvalue weighted by molar-refractivity contribution is 5.91. The third-order valence-electron chi connectivity index (χ3n) is 3.53. The molecule has 0 aromatic carbocycles. The molecule has 10 heteroatoms. The fraction of sp³-hybridized carbons (Fsp3) is 0.750. The molecule has 0 aromatic heterocycles. The highest BCUT2D eigenvalue weighted by Crippen LogP contribution is 2.17. The van der Waals surface area contributed by atoms with Crippen LogP contribution in [0.15, 0.2) is 12.2 Å². The molecule has 0 aliphatic carbocycles. The van der Waals surface area contributed by atoms with E-state index < -0.39 is 23.9 Å². The molecular weight excluding hydrogens is 352 g/mol. The summed E-state index contributed by atoms with van der Waals surface area (Å²) in [5.41, 5.74) is 0. The summed E-state index contributed by atoms with van der Waals surface area (Å²) in [5.74, 6) is -4.03. The zero-order chi connectivity index (χ0) is 20.1. The first kappa shape index (κ1) is 24.4. The molecule has 0 heterocycles. The van der Waals surface area contributed by atoms with Gasteiger partial charge in [0, 0.05) is 54.8 Å². The van der Waals surface area contributed by atoms with Crippen molar-refractivity contribution in [3.8, 4) is 0 Å². The first-order valence-electron chi connectivity index (χ1n) is 7.69. The minimum Gasteiger partial charge on any atom is -0.462 e. The molecule has 10 nitrogen and oxygen atoms in total. The van der Waals surface area contributed by atoms with E-state index in [-0.39, 0.29) is 26.1 Å². The maximum absolute atomic E-state index is 11.6. The Morgan fingerprint density at radius 2 is 0.885 bits per heavy atom. The largest absolute Gasteiger partial charge is 0.462 e. The zero-order valence-corrected chi connectivity index (χ0v) is 16.1. The van der Waals surface area contributed by atoms with Gasteiger partial charge in [0.2, 0.25) is 0 Å². The molecule has 0 radical (unpaired) electrons. The molecular formula is C16H28O10. The summed E-state index contributed by atoms with van der Waals surface area (Å²) < 4.78 is 40.2. The molecule has 26 heavy (non-hydrogen) atoms. The number of hydrogen-bond donors (Lipinski definition) is 0. The van der Waals surface area contributed by atoms with Crippen LogP contribution in [0.3, 0.4) is 0 Å². The van der Waals surface area contributed by atoms with Crippen LogP contribution >= 0.6 is 0 Å². The van der Waals surface area contributed by atoms with Crippen molar-refractivity contribution in [2.45, 2.75) is 24.8 Å². The van der Waals surface area contributed by atoms with Gasteiger partial charge in [-0.25, -0.2) is 9.59 Å².